The molecule has 27 heavy (non-hydrogen) atoms. The molecule has 8 nitrogen and oxygen atoms in total. The van der Waals surface area contributed by atoms with Crippen LogP contribution in [0.3, 0.4) is 0 Å². The molecule has 0 fully saturated rings. The summed E-state index contributed by atoms with van der Waals surface area (Å²) in [5, 5.41) is 13.5. The minimum absolute atomic E-state index is 0.0855. The molecule has 0 aliphatic rings. The second-order valence-electron chi connectivity index (χ2n) is 5.80. The zero-order valence-electron chi connectivity index (χ0n) is 15.0. The van der Waals surface area contributed by atoms with Gasteiger partial charge in [0.25, 0.3) is 5.69 Å². The van der Waals surface area contributed by atoms with E-state index in [0.29, 0.717) is 11.3 Å². The fraction of sp³-hybridized carbons (Fsp3) is 0.263. The van der Waals surface area contributed by atoms with Crippen LogP contribution in [0.25, 0.3) is 0 Å². The van der Waals surface area contributed by atoms with E-state index in [4.69, 9.17) is 9.47 Å². The normalized spacial score (nSPS) is 11.3. The van der Waals surface area contributed by atoms with Crippen LogP contribution in [-0.2, 0) is 27.2 Å². The van der Waals surface area contributed by atoms with Gasteiger partial charge >= 0.3 is 5.97 Å². The Morgan fingerprint density at radius 3 is 2.41 bits per heavy atom. The molecule has 0 unspecified atom stereocenters. The number of nitrogens with zero attached hydrogens (tertiary/aromatic N) is 1. The Bertz CT molecular complexity index is 819. The number of carbonyl (C=O) groups excluding carboxylic acids is 2. The topological polar surface area (TPSA) is 108 Å². The maximum atomic E-state index is 12.3. The van der Waals surface area contributed by atoms with Crippen LogP contribution in [0.4, 0.5) is 5.69 Å². The number of non-ortho nitro benzene ring substituents is 1. The fourth-order valence-corrected chi connectivity index (χ4v) is 2.54. The summed E-state index contributed by atoms with van der Waals surface area (Å²) in [6, 6.07) is 12.0. The van der Waals surface area contributed by atoms with E-state index in [2.05, 4.69) is 5.32 Å². The lowest BCUT2D eigenvalue weighted by Crippen LogP contribution is -2.43. The first-order chi connectivity index (χ1) is 12.9. The molecule has 8 heteroatoms. The van der Waals surface area contributed by atoms with E-state index in [1.165, 1.54) is 25.3 Å². The molecule has 142 valence electrons. The van der Waals surface area contributed by atoms with E-state index in [0.717, 1.165) is 5.56 Å². The van der Waals surface area contributed by atoms with Crippen molar-refractivity contribution in [1.29, 1.82) is 0 Å². The van der Waals surface area contributed by atoms with Gasteiger partial charge in [-0.3, -0.25) is 14.9 Å². The summed E-state index contributed by atoms with van der Waals surface area (Å²) in [5.74, 6) is -0.319. The highest BCUT2D eigenvalue weighted by Gasteiger charge is 2.22. The van der Waals surface area contributed by atoms with Crippen LogP contribution in [-0.4, -0.2) is 37.1 Å². The summed E-state index contributed by atoms with van der Waals surface area (Å²) in [5.41, 5.74) is 1.21. The van der Waals surface area contributed by atoms with Crippen LogP contribution < -0.4 is 10.1 Å². The number of carbonyl (C=O) groups is 2. The molecule has 2 aromatic rings. The van der Waals surface area contributed by atoms with Crippen molar-refractivity contribution in [3.63, 3.8) is 0 Å². The molecule has 0 saturated carbocycles. The average Bonchev–Trinajstić information content (AvgIpc) is 2.67. The van der Waals surface area contributed by atoms with E-state index in [1.807, 2.05) is 0 Å². The van der Waals surface area contributed by atoms with Crippen molar-refractivity contribution >= 4 is 17.6 Å². The molecule has 0 heterocycles. The second-order valence-corrected chi connectivity index (χ2v) is 5.80. The third kappa shape index (κ3) is 5.81. The quantitative estimate of drug-likeness (QED) is 0.432. The second kappa shape index (κ2) is 9.33. The molecule has 0 radical (unpaired) electrons. The number of hydrogen-bond acceptors (Lipinski definition) is 6. The highest BCUT2D eigenvalue weighted by atomic mass is 16.6. The number of amides is 1. The third-order valence-corrected chi connectivity index (χ3v) is 3.91. The molecule has 0 bridgehead atoms. The van der Waals surface area contributed by atoms with E-state index in [1.54, 1.807) is 37.4 Å². The minimum Gasteiger partial charge on any atom is -0.497 e. The summed E-state index contributed by atoms with van der Waals surface area (Å²) < 4.78 is 9.85. The Morgan fingerprint density at radius 1 is 1.11 bits per heavy atom. The van der Waals surface area contributed by atoms with Crippen molar-refractivity contribution in [1.82, 2.24) is 5.32 Å². The van der Waals surface area contributed by atoms with Crippen molar-refractivity contribution in [2.75, 3.05) is 14.2 Å². The average molecular weight is 372 g/mol. The molecule has 0 aliphatic carbocycles. The molecule has 1 amide bonds. The molecular formula is C19H20N2O6. The van der Waals surface area contributed by atoms with Gasteiger partial charge in [0.2, 0.25) is 5.91 Å². The van der Waals surface area contributed by atoms with Crippen LogP contribution in [0, 0.1) is 10.1 Å². The highest BCUT2D eigenvalue weighted by molar-refractivity contribution is 5.85. The summed E-state index contributed by atoms with van der Waals surface area (Å²) in [4.78, 5) is 34.6. The lowest BCUT2D eigenvalue weighted by Gasteiger charge is -2.17. The molecule has 1 N–H and O–H groups in total. The lowest BCUT2D eigenvalue weighted by molar-refractivity contribution is -0.384. The molecule has 2 aromatic carbocycles. The fourth-order valence-electron chi connectivity index (χ4n) is 2.54. The molecule has 1 atom stereocenters. The number of rotatable bonds is 8. The number of nitro groups is 1. The molecule has 0 aliphatic heterocycles. The SMILES string of the molecule is COC(=O)[C@H](Cc1ccc(OC)cc1)NC(=O)Cc1cccc([N+](=O)[O-])c1. The van der Waals surface area contributed by atoms with Crippen LogP contribution in [0.15, 0.2) is 48.5 Å². The Hall–Kier alpha value is -3.42. The van der Waals surface area contributed by atoms with E-state index in [9.17, 15) is 19.7 Å². The van der Waals surface area contributed by atoms with Gasteiger partial charge in [-0.25, -0.2) is 4.79 Å². The first-order valence-corrected chi connectivity index (χ1v) is 8.16. The number of methoxy groups -OCH3 is 2. The zero-order chi connectivity index (χ0) is 19.8. The van der Waals surface area contributed by atoms with Crippen LogP contribution in [0.5, 0.6) is 5.75 Å². The zero-order valence-corrected chi connectivity index (χ0v) is 15.0. The monoisotopic (exact) mass is 372 g/mol. The van der Waals surface area contributed by atoms with Crippen LogP contribution in [0.1, 0.15) is 11.1 Å². The van der Waals surface area contributed by atoms with Crippen molar-refractivity contribution in [3.8, 4) is 5.75 Å². The van der Waals surface area contributed by atoms with Gasteiger partial charge in [0, 0.05) is 18.6 Å². The van der Waals surface area contributed by atoms with Gasteiger partial charge in [-0.05, 0) is 23.3 Å². The molecule has 0 saturated heterocycles. The molecule has 0 spiro atoms. The summed E-state index contributed by atoms with van der Waals surface area (Å²) in [6.45, 7) is 0. The van der Waals surface area contributed by atoms with E-state index in [-0.39, 0.29) is 18.5 Å². The van der Waals surface area contributed by atoms with Gasteiger partial charge < -0.3 is 14.8 Å². The number of hydrogen-bond donors (Lipinski definition) is 1. The number of benzene rings is 2. The van der Waals surface area contributed by atoms with Crippen molar-refractivity contribution in [3.05, 3.63) is 69.8 Å². The number of esters is 1. The predicted molar refractivity (Wildman–Crippen MR) is 97.4 cm³/mol. The first-order valence-electron chi connectivity index (χ1n) is 8.16. The highest BCUT2D eigenvalue weighted by Crippen LogP contribution is 2.15. The van der Waals surface area contributed by atoms with Crippen molar-refractivity contribution in [2.45, 2.75) is 18.9 Å². The predicted octanol–water partition coefficient (Wildman–Crippen LogP) is 2.05. The lowest BCUT2D eigenvalue weighted by atomic mass is 10.0. The smallest absolute Gasteiger partial charge is 0.328 e. The maximum Gasteiger partial charge on any atom is 0.328 e. The Kier molecular flexibility index (Phi) is 6.87. The largest absolute Gasteiger partial charge is 0.497 e. The van der Waals surface area contributed by atoms with Crippen LogP contribution in [0.2, 0.25) is 0 Å². The Labute approximate surface area is 156 Å². The van der Waals surface area contributed by atoms with E-state index >= 15 is 0 Å². The van der Waals surface area contributed by atoms with E-state index < -0.39 is 22.8 Å². The Balaban J connectivity index is 2.06. The number of ether oxygens (including phenoxy) is 2. The van der Waals surface area contributed by atoms with Gasteiger partial charge in [-0.2, -0.15) is 0 Å². The standard InChI is InChI=1S/C19H20N2O6/c1-26-16-8-6-13(7-9-16)11-17(19(23)27-2)20-18(22)12-14-4-3-5-15(10-14)21(24)25/h3-10,17H,11-12H2,1-2H3,(H,20,22)/t17-/m0/s1. The van der Waals surface area contributed by atoms with Gasteiger partial charge in [0.05, 0.1) is 25.6 Å². The molecular weight excluding hydrogens is 352 g/mol. The Morgan fingerprint density at radius 2 is 1.81 bits per heavy atom. The van der Waals surface area contributed by atoms with Crippen molar-refractivity contribution in [2.24, 2.45) is 0 Å². The summed E-state index contributed by atoms with van der Waals surface area (Å²) in [6.07, 6.45) is 0.162. The van der Waals surface area contributed by atoms with Gasteiger partial charge in [-0.15, -0.1) is 0 Å². The summed E-state index contributed by atoms with van der Waals surface area (Å²) in [7, 11) is 2.80. The third-order valence-electron chi connectivity index (χ3n) is 3.91. The number of nitro benzene ring substituents is 1. The first kappa shape index (κ1) is 19.9. The molecule has 2 rings (SSSR count). The number of nitrogens with one attached hydrogen (secondary N) is 1. The van der Waals surface area contributed by atoms with Crippen LogP contribution >= 0.6 is 0 Å². The molecule has 0 aromatic heterocycles. The minimum atomic E-state index is -0.866. The maximum absolute atomic E-state index is 12.3. The van der Waals surface area contributed by atoms with Crippen molar-refractivity contribution < 1.29 is 24.0 Å². The van der Waals surface area contributed by atoms with Gasteiger partial charge in [-0.1, -0.05) is 24.3 Å². The van der Waals surface area contributed by atoms with Gasteiger partial charge in [0.15, 0.2) is 0 Å². The summed E-state index contributed by atoms with van der Waals surface area (Å²) >= 11 is 0. The van der Waals surface area contributed by atoms with Gasteiger partial charge in [0.1, 0.15) is 11.8 Å².